The molecule has 0 aliphatic carbocycles. The Morgan fingerprint density at radius 2 is 1.57 bits per heavy atom. The van der Waals surface area contributed by atoms with Crippen molar-refractivity contribution in [3.05, 3.63) is 105 Å². The molecule has 1 unspecified atom stereocenters. The van der Waals surface area contributed by atoms with Gasteiger partial charge >= 0.3 is 0 Å². The van der Waals surface area contributed by atoms with Crippen LogP contribution in [-0.2, 0) is 29.0 Å². The molecule has 6 heteroatoms. The van der Waals surface area contributed by atoms with E-state index in [2.05, 4.69) is 5.32 Å². The predicted octanol–water partition coefficient (Wildman–Crippen LogP) is 6.40. The van der Waals surface area contributed by atoms with Crippen LogP contribution in [0.25, 0.3) is 0 Å². The van der Waals surface area contributed by atoms with Crippen LogP contribution in [0.1, 0.15) is 43.0 Å². The van der Waals surface area contributed by atoms with Gasteiger partial charge in [-0.15, -0.1) is 0 Å². The molecule has 3 aromatic carbocycles. The largest absolute Gasteiger partial charge is 0.350 e. The highest BCUT2D eigenvalue weighted by Crippen LogP contribution is 2.25. The van der Waals surface area contributed by atoms with Crippen molar-refractivity contribution in [1.29, 1.82) is 0 Å². The van der Waals surface area contributed by atoms with Crippen molar-refractivity contribution in [3.8, 4) is 0 Å². The zero-order chi connectivity index (χ0) is 25.6. The van der Waals surface area contributed by atoms with Crippen molar-refractivity contribution in [3.63, 3.8) is 0 Å². The second-order valence-electron chi connectivity index (χ2n) is 9.81. The molecule has 184 valence electrons. The Morgan fingerprint density at radius 3 is 2.20 bits per heavy atom. The number of carbonyl (C=O) groups is 2. The van der Waals surface area contributed by atoms with Crippen LogP contribution in [0.2, 0.25) is 10.0 Å². The predicted molar refractivity (Wildman–Crippen MR) is 144 cm³/mol. The van der Waals surface area contributed by atoms with Crippen LogP contribution < -0.4 is 5.32 Å². The standard InChI is InChI=1S/C29H32Cl2N2O2/c1-20-10-8-9-13-22(20)17-27(34)33(19-23-14-15-24(30)18-25(23)31)26(28(35)32-29(2,3)4)16-21-11-6-5-7-12-21/h5-15,18,26H,16-17,19H2,1-4H3,(H,32,35). The van der Waals surface area contributed by atoms with E-state index >= 15 is 0 Å². The van der Waals surface area contributed by atoms with Gasteiger partial charge in [-0.2, -0.15) is 0 Å². The monoisotopic (exact) mass is 510 g/mol. The van der Waals surface area contributed by atoms with E-state index in [0.717, 1.165) is 22.3 Å². The Kier molecular flexibility index (Phi) is 8.98. The second-order valence-corrected chi connectivity index (χ2v) is 10.6. The maximum absolute atomic E-state index is 13.8. The lowest BCUT2D eigenvalue weighted by molar-refractivity contribution is -0.141. The summed E-state index contributed by atoms with van der Waals surface area (Å²) >= 11 is 12.6. The third kappa shape index (κ3) is 7.84. The average molecular weight is 511 g/mol. The molecule has 0 aliphatic rings. The number of carbonyl (C=O) groups excluding carboxylic acids is 2. The molecule has 0 bridgehead atoms. The van der Waals surface area contributed by atoms with E-state index in [9.17, 15) is 9.59 Å². The van der Waals surface area contributed by atoms with E-state index in [1.54, 1.807) is 23.1 Å². The van der Waals surface area contributed by atoms with E-state index in [-0.39, 0.29) is 24.8 Å². The Labute approximate surface area is 218 Å². The van der Waals surface area contributed by atoms with Gasteiger partial charge in [-0.25, -0.2) is 0 Å². The molecule has 0 saturated heterocycles. The van der Waals surface area contributed by atoms with Crippen molar-refractivity contribution < 1.29 is 9.59 Å². The SMILES string of the molecule is Cc1ccccc1CC(=O)N(Cc1ccc(Cl)cc1Cl)C(Cc1ccccc1)C(=O)NC(C)(C)C. The van der Waals surface area contributed by atoms with Gasteiger partial charge in [0.15, 0.2) is 0 Å². The lowest BCUT2D eigenvalue weighted by Crippen LogP contribution is -2.54. The molecule has 4 nitrogen and oxygen atoms in total. The van der Waals surface area contributed by atoms with Gasteiger partial charge in [0.2, 0.25) is 11.8 Å². The van der Waals surface area contributed by atoms with Crippen LogP contribution in [0.4, 0.5) is 0 Å². The summed E-state index contributed by atoms with van der Waals surface area (Å²) in [6.07, 6.45) is 0.569. The molecule has 1 N–H and O–H groups in total. The quantitative estimate of drug-likeness (QED) is 0.381. The van der Waals surface area contributed by atoms with Crippen molar-refractivity contribution in [2.75, 3.05) is 0 Å². The molecule has 0 aromatic heterocycles. The minimum Gasteiger partial charge on any atom is -0.350 e. The highest BCUT2D eigenvalue weighted by atomic mass is 35.5. The molecule has 0 fully saturated rings. The van der Waals surface area contributed by atoms with E-state index < -0.39 is 11.6 Å². The first-order chi connectivity index (χ1) is 16.5. The number of amides is 2. The molecule has 3 aromatic rings. The van der Waals surface area contributed by atoms with Crippen LogP contribution in [0.15, 0.2) is 72.8 Å². The maximum atomic E-state index is 13.8. The molecule has 0 radical (unpaired) electrons. The first-order valence-corrected chi connectivity index (χ1v) is 12.4. The highest BCUT2D eigenvalue weighted by molar-refractivity contribution is 6.35. The lowest BCUT2D eigenvalue weighted by atomic mass is 9.99. The van der Waals surface area contributed by atoms with Gasteiger partial charge in [-0.05, 0) is 62.1 Å². The molecular weight excluding hydrogens is 479 g/mol. The summed E-state index contributed by atoms with van der Waals surface area (Å²) in [6.45, 7) is 7.96. The Balaban J connectivity index is 2.03. The fourth-order valence-corrected chi connectivity index (χ4v) is 4.38. The summed E-state index contributed by atoms with van der Waals surface area (Å²) in [4.78, 5) is 29.1. The molecule has 35 heavy (non-hydrogen) atoms. The van der Waals surface area contributed by atoms with Crippen LogP contribution in [0.5, 0.6) is 0 Å². The molecule has 1 atom stereocenters. The van der Waals surface area contributed by atoms with Gasteiger partial charge in [0.05, 0.1) is 6.42 Å². The molecule has 2 amide bonds. The number of hydrogen-bond donors (Lipinski definition) is 1. The normalized spacial score (nSPS) is 12.2. The summed E-state index contributed by atoms with van der Waals surface area (Å²) in [5.74, 6) is -0.347. The summed E-state index contributed by atoms with van der Waals surface area (Å²) in [6, 6.07) is 22.0. The Hall–Kier alpha value is -2.82. The summed E-state index contributed by atoms with van der Waals surface area (Å²) in [7, 11) is 0. The molecular formula is C29H32Cl2N2O2. The van der Waals surface area contributed by atoms with Crippen LogP contribution in [0, 0.1) is 6.92 Å². The number of hydrogen-bond acceptors (Lipinski definition) is 2. The van der Waals surface area contributed by atoms with Crippen LogP contribution >= 0.6 is 23.2 Å². The third-order valence-corrected chi connectivity index (χ3v) is 6.31. The van der Waals surface area contributed by atoms with E-state index in [1.165, 1.54) is 0 Å². The number of aryl methyl sites for hydroxylation is 1. The fraction of sp³-hybridized carbons (Fsp3) is 0.310. The molecule has 0 heterocycles. The summed E-state index contributed by atoms with van der Waals surface area (Å²) in [5.41, 5.74) is 3.21. The molecule has 0 spiro atoms. The minimum absolute atomic E-state index is 0.143. The molecule has 0 saturated carbocycles. The maximum Gasteiger partial charge on any atom is 0.243 e. The number of halogens is 2. The average Bonchev–Trinajstić information content (AvgIpc) is 2.78. The highest BCUT2D eigenvalue weighted by Gasteiger charge is 2.32. The molecule has 3 rings (SSSR count). The van der Waals surface area contributed by atoms with Gasteiger partial charge in [0.25, 0.3) is 0 Å². The van der Waals surface area contributed by atoms with Crippen LogP contribution in [-0.4, -0.2) is 28.3 Å². The summed E-state index contributed by atoms with van der Waals surface area (Å²) < 4.78 is 0. The Morgan fingerprint density at radius 1 is 0.914 bits per heavy atom. The fourth-order valence-electron chi connectivity index (χ4n) is 3.91. The van der Waals surface area contributed by atoms with Crippen molar-refractivity contribution in [1.82, 2.24) is 10.2 Å². The number of nitrogens with zero attached hydrogens (tertiary/aromatic N) is 1. The van der Waals surface area contributed by atoms with E-state index in [1.807, 2.05) is 82.3 Å². The van der Waals surface area contributed by atoms with E-state index in [0.29, 0.717) is 16.5 Å². The minimum atomic E-state index is -0.722. The Bertz CT molecular complexity index is 1170. The van der Waals surface area contributed by atoms with Gasteiger partial charge in [-0.1, -0.05) is 83.9 Å². The van der Waals surface area contributed by atoms with Crippen molar-refractivity contribution >= 4 is 35.0 Å². The zero-order valence-corrected chi connectivity index (χ0v) is 22.2. The van der Waals surface area contributed by atoms with E-state index in [4.69, 9.17) is 23.2 Å². The van der Waals surface area contributed by atoms with Crippen LogP contribution in [0.3, 0.4) is 0 Å². The number of rotatable bonds is 8. The van der Waals surface area contributed by atoms with Gasteiger partial charge < -0.3 is 10.2 Å². The first-order valence-electron chi connectivity index (χ1n) is 11.7. The lowest BCUT2D eigenvalue weighted by Gasteiger charge is -2.34. The number of benzene rings is 3. The zero-order valence-electron chi connectivity index (χ0n) is 20.6. The van der Waals surface area contributed by atoms with Gasteiger partial charge in [0, 0.05) is 28.5 Å². The summed E-state index contributed by atoms with van der Waals surface area (Å²) in [5, 5.41) is 4.05. The molecule has 0 aliphatic heterocycles. The van der Waals surface area contributed by atoms with Gasteiger partial charge in [0.1, 0.15) is 6.04 Å². The third-order valence-electron chi connectivity index (χ3n) is 5.73. The number of nitrogens with one attached hydrogen (secondary N) is 1. The second kappa shape index (κ2) is 11.7. The van der Waals surface area contributed by atoms with Crippen molar-refractivity contribution in [2.24, 2.45) is 0 Å². The van der Waals surface area contributed by atoms with Crippen molar-refractivity contribution in [2.45, 2.75) is 58.7 Å². The first kappa shape index (κ1) is 26.8. The smallest absolute Gasteiger partial charge is 0.243 e. The topological polar surface area (TPSA) is 49.4 Å². The van der Waals surface area contributed by atoms with Gasteiger partial charge in [-0.3, -0.25) is 9.59 Å².